The van der Waals surface area contributed by atoms with Crippen LogP contribution in [0.15, 0.2) is 16.5 Å². The number of rotatable bonds is 3. The molecule has 0 amide bonds. The lowest BCUT2D eigenvalue weighted by atomic mass is 10.1. The smallest absolute Gasteiger partial charge is 0.107 e. The van der Waals surface area contributed by atoms with Crippen molar-refractivity contribution in [2.24, 2.45) is 5.73 Å². The monoisotopic (exact) mass is 179 g/mol. The minimum absolute atomic E-state index is 0.678. The van der Waals surface area contributed by atoms with Gasteiger partial charge in [0.2, 0.25) is 0 Å². The zero-order chi connectivity index (χ0) is 9.10. The summed E-state index contributed by atoms with van der Waals surface area (Å²) in [6.07, 6.45) is 6.19. The molecule has 2 rings (SSSR count). The van der Waals surface area contributed by atoms with Crippen molar-refractivity contribution >= 4 is 0 Å². The van der Waals surface area contributed by atoms with Gasteiger partial charge in [0.1, 0.15) is 11.5 Å². The van der Waals surface area contributed by atoms with Crippen molar-refractivity contribution in [2.45, 2.75) is 38.0 Å². The zero-order valence-corrected chi connectivity index (χ0v) is 7.96. The zero-order valence-electron chi connectivity index (χ0n) is 7.96. The fourth-order valence-corrected chi connectivity index (χ4v) is 2.10. The first-order valence-corrected chi connectivity index (χ1v) is 5.19. The Labute approximate surface area is 79.1 Å². The number of hydrogen-bond acceptors (Lipinski definition) is 2. The van der Waals surface area contributed by atoms with Gasteiger partial charge in [0, 0.05) is 12.3 Å². The minimum Gasteiger partial charge on any atom is -0.466 e. The Morgan fingerprint density at radius 2 is 2.08 bits per heavy atom. The van der Waals surface area contributed by atoms with Gasteiger partial charge in [-0.1, -0.05) is 12.8 Å². The van der Waals surface area contributed by atoms with Crippen LogP contribution in [0, 0.1) is 0 Å². The molecule has 1 aliphatic rings. The summed E-state index contributed by atoms with van der Waals surface area (Å²) < 4.78 is 5.73. The van der Waals surface area contributed by atoms with Gasteiger partial charge >= 0.3 is 0 Å². The van der Waals surface area contributed by atoms with Crippen molar-refractivity contribution in [1.82, 2.24) is 0 Å². The Morgan fingerprint density at radius 3 is 2.77 bits per heavy atom. The van der Waals surface area contributed by atoms with Crippen molar-refractivity contribution < 1.29 is 4.42 Å². The van der Waals surface area contributed by atoms with Gasteiger partial charge in [-0.15, -0.1) is 0 Å². The normalized spacial score (nSPS) is 18.2. The average Bonchev–Trinajstić information content (AvgIpc) is 2.70. The molecular weight excluding hydrogens is 162 g/mol. The first-order valence-electron chi connectivity index (χ1n) is 5.19. The first kappa shape index (κ1) is 8.82. The summed E-state index contributed by atoms with van der Waals surface area (Å²) in [5, 5.41) is 0. The van der Waals surface area contributed by atoms with Gasteiger partial charge in [0.15, 0.2) is 0 Å². The van der Waals surface area contributed by atoms with Crippen LogP contribution in [0.3, 0.4) is 0 Å². The van der Waals surface area contributed by atoms with Crippen LogP contribution in [0.5, 0.6) is 0 Å². The van der Waals surface area contributed by atoms with E-state index in [4.69, 9.17) is 10.2 Å². The maximum absolute atomic E-state index is 5.73. The highest BCUT2D eigenvalue weighted by molar-refractivity contribution is 5.12. The van der Waals surface area contributed by atoms with Gasteiger partial charge in [-0.25, -0.2) is 0 Å². The largest absolute Gasteiger partial charge is 0.466 e. The molecule has 1 fully saturated rings. The van der Waals surface area contributed by atoms with E-state index in [-0.39, 0.29) is 0 Å². The summed E-state index contributed by atoms with van der Waals surface area (Å²) in [5.74, 6) is 2.91. The maximum atomic E-state index is 5.73. The maximum Gasteiger partial charge on any atom is 0.107 e. The quantitative estimate of drug-likeness (QED) is 0.774. The molecule has 0 atom stereocenters. The van der Waals surface area contributed by atoms with Crippen LogP contribution in [0.1, 0.15) is 43.1 Å². The molecule has 13 heavy (non-hydrogen) atoms. The van der Waals surface area contributed by atoms with Gasteiger partial charge in [-0.3, -0.25) is 0 Å². The Hall–Kier alpha value is -0.760. The number of nitrogens with two attached hydrogens (primary N) is 1. The summed E-state index contributed by atoms with van der Waals surface area (Å²) in [7, 11) is 0. The number of hydrogen-bond donors (Lipinski definition) is 1. The van der Waals surface area contributed by atoms with Crippen LogP contribution in [0.25, 0.3) is 0 Å². The first-order chi connectivity index (χ1) is 6.40. The van der Waals surface area contributed by atoms with E-state index in [0.717, 1.165) is 12.2 Å². The molecule has 0 aromatic carbocycles. The van der Waals surface area contributed by atoms with E-state index >= 15 is 0 Å². The Bertz CT molecular complexity index is 261. The second kappa shape index (κ2) is 3.97. The molecule has 2 heteroatoms. The van der Waals surface area contributed by atoms with Crippen molar-refractivity contribution in [1.29, 1.82) is 0 Å². The van der Waals surface area contributed by atoms with Gasteiger partial charge in [0.05, 0.1) is 0 Å². The van der Waals surface area contributed by atoms with Crippen LogP contribution in [-0.2, 0) is 6.42 Å². The van der Waals surface area contributed by atoms with E-state index in [1.807, 2.05) is 0 Å². The van der Waals surface area contributed by atoms with E-state index in [0.29, 0.717) is 12.5 Å². The lowest BCUT2D eigenvalue weighted by molar-refractivity contribution is 0.432. The molecule has 0 unspecified atom stereocenters. The molecule has 1 aromatic rings. The van der Waals surface area contributed by atoms with E-state index in [2.05, 4.69) is 12.1 Å². The molecule has 72 valence electrons. The van der Waals surface area contributed by atoms with Crippen molar-refractivity contribution in [2.75, 3.05) is 6.54 Å². The van der Waals surface area contributed by atoms with Crippen LogP contribution < -0.4 is 5.73 Å². The Morgan fingerprint density at radius 1 is 1.31 bits per heavy atom. The lowest BCUT2D eigenvalue weighted by Crippen LogP contribution is -2.01. The molecule has 0 saturated heterocycles. The molecular formula is C11H17NO. The van der Waals surface area contributed by atoms with Crippen LogP contribution in [-0.4, -0.2) is 6.54 Å². The predicted octanol–water partition coefficient (Wildman–Crippen LogP) is 2.44. The summed E-state index contributed by atoms with van der Waals surface area (Å²) >= 11 is 0. The molecule has 1 aliphatic carbocycles. The predicted molar refractivity (Wildman–Crippen MR) is 52.7 cm³/mol. The Balaban J connectivity index is 2.03. The summed E-state index contributed by atoms with van der Waals surface area (Å²) in [4.78, 5) is 0. The minimum atomic E-state index is 0.678. The van der Waals surface area contributed by atoms with Gasteiger partial charge < -0.3 is 10.2 Å². The van der Waals surface area contributed by atoms with E-state index in [9.17, 15) is 0 Å². The van der Waals surface area contributed by atoms with Crippen molar-refractivity contribution in [3.8, 4) is 0 Å². The molecule has 1 aromatic heterocycles. The molecule has 0 aliphatic heterocycles. The number of furan rings is 1. The van der Waals surface area contributed by atoms with Crippen LogP contribution in [0.4, 0.5) is 0 Å². The SMILES string of the molecule is NCCc1ccc(C2CCCC2)o1. The van der Waals surface area contributed by atoms with Gasteiger partial charge in [-0.2, -0.15) is 0 Å². The third-order valence-electron chi connectivity index (χ3n) is 2.83. The Kier molecular flexibility index (Phi) is 2.69. The summed E-state index contributed by atoms with van der Waals surface area (Å²) in [6.45, 7) is 0.678. The standard InChI is InChI=1S/C11H17NO/c12-8-7-10-5-6-11(13-10)9-3-1-2-4-9/h5-6,9H,1-4,7-8,12H2. The fourth-order valence-electron chi connectivity index (χ4n) is 2.10. The molecule has 1 saturated carbocycles. The van der Waals surface area contributed by atoms with E-state index in [1.165, 1.54) is 31.4 Å². The van der Waals surface area contributed by atoms with E-state index < -0.39 is 0 Å². The third kappa shape index (κ3) is 1.94. The van der Waals surface area contributed by atoms with Crippen LogP contribution >= 0.6 is 0 Å². The molecule has 0 radical (unpaired) electrons. The highest BCUT2D eigenvalue weighted by Crippen LogP contribution is 2.34. The van der Waals surface area contributed by atoms with E-state index in [1.54, 1.807) is 0 Å². The summed E-state index contributed by atoms with van der Waals surface area (Å²) in [6, 6.07) is 4.20. The van der Waals surface area contributed by atoms with Crippen molar-refractivity contribution in [3.05, 3.63) is 23.7 Å². The third-order valence-corrected chi connectivity index (χ3v) is 2.83. The molecule has 1 heterocycles. The second-order valence-electron chi connectivity index (χ2n) is 3.82. The van der Waals surface area contributed by atoms with Crippen LogP contribution in [0.2, 0.25) is 0 Å². The average molecular weight is 179 g/mol. The summed E-state index contributed by atoms with van der Waals surface area (Å²) in [5.41, 5.74) is 5.46. The highest BCUT2D eigenvalue weighted by Gasteiger charge is 2.19. The highest BCUT2D eigenvalue weighted by atomic mass is 16.3. The second-order valence-corrected chi connectivity index (χ2v) is 3.82. The molecule has 0 spiro atoms. The topological polar surface area (TPSA) is 39.2 Å². The van der Waals surface area contributed by atoms with Gasteiger partial charge in [0.25, 0.3) is 0 Å². The van der Waals surface area contributed by atoms with Gasteiger partial charge in [-0.05, 0) is 31.5 Å². The molecule has 2 nitrogen and oxygen atoms in total. The molecule has 2 N–H and O–H groups in total. The fraction of sp³-hybridized carbons (Fsp3) is 0.636. The lowest BCUT2D eigenvalue weighted by Gasteiger charge is -2.03. The molecule has 0 bridgehead atoms. The van der Waals surface area contributed by atoms with Crippen molar-refractivity contribution in [3.63, 3.8) is 0 Å².